The molecule has 1 heterocycles. The lowest BCUT2D eigenvalue weighted by Gasteiger charge is -2.26. The van der Waals surface area contributed by atoms with Crippen LogP contribution >= 0.6 is 0 Å². The van der Waals surface area contributed by atoms with Gasteiger partial charge in [-0.15, -0.1) is 0 Å². The van der Waals surface area contributed by atoms with Gasteiger partial charge in [-0.1, -0.05) is 18.2 Å². The van der Waals surface area contributed by atoms with Gasteiger partial charge < -0.3 is 5.32 Å². The molecule has 2 nitrogen and oxygen atoms in total. The second-order valence-corrected chi connectivity index (χ2v) is 3.42. The minimum Gasteiger partial charge on any atom is -0.311 e. The van der Waals surface area contributed by atoms with Gasteiger partial charge in [0.25, 0.3) is 0 Å². The Morgan fingerprint density at radius 3 is 2.67 bits per heavy atom. The summed E-state index contributed by atoms with van der Waals surface area (Å²) in [7, 11) is 0. The first-order valence-corrected chi connectivity index (χ1v) is 4.72. The van der Waals surface area contributed by atoms with Crippen LogP contribution in [-0.2, 0) is 6.54 Å². The molecule has 1 aliphatic rings. The molecule has 1 aromatic carbocycles. The van der Waals surface area contributed by atoms with Crippen molar-refractivity contribution in [1.82, 2.24) is 5.32 Å². The van der Waals surface area contributed by atoms with E-state index in [4.69, 9.17) is 0 Å². The van der Waals surface area contributed by atoms with E-state index in [2.05, 4.69) is 5.32 Å². The van der Waals surface area contributed by atoms with Crippen LogP contribution in [0.15, 0.2) is 24.3 Å². The molecular formula is C10H11F3N2. The molecule has 0 spiro atoms. The van der Waals surface area contributed by atoms with Crippen molar-refractivity contribution in [3.05, 3.63) is 29.8 Å². The first kappa shape index (κ1) is 10.3. The monoisotopic (exact) mass is 216 g/mol. The summed E-state index contributed by atoms with van der Waals surface area (Å²) in [6, 6.07) is 6.60. The van der Waals surface area contributed by atoms with Gasteiger partial charge in [-0.3, -0.25) is 4.90 Å². The zero-order valence-electron chi connectivity index (χ0n) is 8.01. The van der Waals surface area contributed by atoms with Gasteiger partial charge in [-0.25, -0.2) is 0 Å². The molecule has 1 aliphatic heterocycles. The van der Waals surface area contributed by atoms with Crippen LogP contribution in [0.25, 0.3) is 0 Å². The maximum absolute atomic E-state index is 12.7. The van der Waals surface area contributed by atoms with Gasteiger partial charge in [-0.05, 0) is 11.6 Å². The van der Waals surface area contributed by atoms with Crippen molar-refractivity contribution in [2.45, 2.75) is 12.8 Å². The Morgan fingerprint density at radius 1 is 1.20 bits per heavy atom. The molecule has 15 heavy (non-hydrogen) atoms. The van der Waals surface area contributed by atoms with Crippen LogP contribution in [0.5, 0.6) is 0 Å². The highest BCUT2D eigenvalue weighted by molar-refractivity contribution is 5.55. The molecule has 0 aromatic heterocycles. The van der Waals surface area contributed by atoms with Gasteiger partial charge in [0.2, 0.25) is 0 Å². The molecule has 0 saturated carbocycles. The normalized spacial score (nSPS) is 17.1. The van der Waals surface area contributed by atoms with Crippen molar-refractivity contribution in [3.8, 4) is 0 Å². The summed E-state index contributed by atoms with van der Waals surface area (Å²) < 4.78 is 38.1. The predicted molar refractivity (Wildman–Crippen MR) is 51.5 cm³/mol. The van der Waals surface area contributed by atoms with Crippen molar-refractivity contribution in [1.29, 1.82) is 0 Å². The van der Waals surface area contributed by atoms with E-state index in [0.717, 1.165) is 0 Å². The molecule has 0 saturated heterocycles. The average Bonchev–Trinajstić information content (AvgIpc) is 2.38. The Balaban J connectivity index is 2.41. The zero-order valence-corrected chi connectivity index (χ0v) is 8.01. The lowest BCUT2D eigenvalue weighted by molar-refractivity contribution is -0.128. The summed E-state index contributed by atoms with van der Waals surface area (Å²) in [4.78, 5) is 0.488. The zero-order chi connectivity index (χ0) is 10.9. The number of anilines is 1. The van der Waals surface area contributed by atoms with Gasteiger partial charge >= 0.3 is 6.30 Å². The Morgan fingerprint density at radius 2 is 1.93 bits per heavy atom. The third kappa shape index (κ3) is 2.07. The summed E-state index contributed by atoms with van der Waals surface area (Å²) in [5.41, 5.74) is 0.947. The van der Waals surface area contributed by atoms with Gasteiger partial charge in [0, 0.05) is 25.3 Å². The molecule has 0 atom stereocenters. The maximum Gasteiger partial charge on any atom is 0.484 e. The van der Waals surface area contributed by atoms with E-state index in [1.807, 2.05) is 0 Å². The fraction of sp³-hybridized carbons (Fsp3) is 0.400. The van der Waals surface area contributed by atoms with Gasteiger partial charge in [-0.2, -0.15) is 13.2 Å². The Bertz CT molecular complexity index is 349. The van der Waals surface area contributed by atoms with E-state index >= 15 is 0 Å². The molecule has 0 aliphatic carbocycles. The number of fused-ring (bicyclic) bond motifs is 1. The minimum atomic E-state index is -4.30. The van der Waals surface area contributed by atoms with Crippen LogP contribution in [0, 0.1) is 0 Å². The number of halogens is 3. The van der Waals surface area contributed by atoms with Crippen LogP contribution in [0.4, 0.5) is 18.9 Å². The summed E-state index contributed by atoms with van der Waals surface area (Å²) in [6.45, 7) is 0.789. The molecule has 82 valence electrons. The fourth-order valence-corrected chi connectivity index (χ4v) is 1.72. The van der Waals surface area contributed by atoms with Gasteiger partial charge in [0.15, 0.2) is 0 Å². The number of para-hydroxylation sites is 1. The number of nitrogens with zero attached hydrogens (tertiary/aromatic N) is 1. The second kappa shape index (κ2) is 3.73. The molecule has 0 amide bonds. The molecule has 0 radical (unpaired) electrons. The fourth-order valence-electron chi connectivity index (χ4n) is 1.72. The number of benzene rings is 1. The molecule has 0 unspecified atom stereocenters. The van der Waals surface area contributed by atoms with E-state index in [-0.39, 0.29) is 12.2 Å². The molecule has 2 rings (SSSR count). The van der Waals surface area contributed by atoms with E-state index in [9.17, 15) is 13.2 Å². The number of hydrogen-bond donors (Lipinski definition) is 1. The number of hydrogen-bond acceptors (Lipinski definition) is 2. The Kier molecular flexibility index (Phi) is 2.56. The van der Waals surface area contributed by atoms with Crippen molar-refractivity contribution in [3.63, 3.8) is 0 Å². The summed E-state index contributed by atoms with van der Waals surface area (Å²) in [5, 5.41) is 2.96. The van der Waals surface area contributed by atoms with Crippen LogP contribution in [-0.4, -0.2) is 19.4 Å². The maximum atomic E-state index is 12.7. The first-order valence-electron chi connectivity index (χ1n) is 4.72. The SMILES string of the molecule is FC(F)(F)N1CCNCc2ccccc21. The number of rotatable bonds is 0. The van der Waals surface area contributed by atoms with Crippen LogP contribution in [0.1, 0.15) is 5.56 Å². The van der Waals surface area contributed by atoms with Crippen molar-refractivity contribution >= 4 is 5.69 Å². The highest BCUT2D eigenvalue weighted by atomic mass is 19.4. The van der Waals surface area contributed by atoms with Crippen LogP contribution in [0.3, 0.4) is 0 Å². The molecule has 5 heteroatoms. The quantitative estimate of drug-likeness (QED) is 0.668. The highest BCUT2D eigenvalue weighted by Crippen LogP contribution is 2.31. The van der Waals surface area contributed by atoms with E-state index < -0.39 is 6.30 Å². The standard InChI is InChI=1S/C10H11F3N2/c11-10(12,13)15-6-5-14-7-8-3-1-2-4-9(8)15/h1-4,14H,5-7H2. The highest BCUT2D eigenvalue weighted by Gasteiger charge is 2.38. The Hall–Kier alpha value is -1.23. The largest absolute Gasteiger partial charge is 0.484 e. The third-order valence-corrected chi connectivity index (χ3v) is 2.42. The van der Waals surface area contributed by atoms with Gasteiger partial charge in [0.1, 0.15) is 0 Å². The number of nitrogens with one attached hydrogen (secondary N) is 1. The smallest absolute Gasteiger partial charge is 0.311 e. The average molecular weight is 216 g/mol. The number of alkyl halides is 3. The molecule has 0 bridgehead atoms. The summed E-state index contributed by atoms with van der Waals surface area (Å²) in [6.07, 6.45) is -4.30. The summed E-state index contributed by atoms with van der Waals surface area (Å²) >= 11 is 0. The lowest BCUT2D eigenvalue weighted by Crippen LogP contribution is -2.40. The molecule has 0 fully saturated rings. The third-order valence-electron chi connectivity index (χ3n) is 2.42. The van der Waals surface area contributed by atoms with Crippen LogP contribution < -0.4 is 10.2 Å². The van der Waals surface area contributed by atoms with E-state index in [1.165, 1.54) is 6.07 Å². The first-order chi connectivity index (χ1) is 7.09. The molecule has 1 aromatic rings. The lowest BCUT2D eigenvalue weighted by atomic mass is 10.1. The van der Waals surface area contributed by atoms with Crippen LogP contribution in [0.2, 0.25) is 0 Å². The topological polar surface area (TPSA) is 15.3 Å². The van der Waals surface area contributed by atoms with Crippen molar-refractivity contribution in [2.24, 2.45) is 0 Å². The minimum absolute atomic E-state index is 0.0412. The molecular weight excluding hydrogens is 205 g/mol. The van der Waals surface area contributed by atoms with Crippen molar-refractivity contribution in [2.75, 3.05) is 18.0 Å². The Labute approximate surface area is 85.7 Å². The van der Waals surface area contributed by atoms with E-state index in [1.54, 1.807) is 18.2 Å². The van der Waals surface area contributed by atoms with Gasteiger partial charge in [0.05, 0.1) is 0 Å². The summed E-state index contributed by atoms with van der Waals surface area (Å²) in [5.74, 6) is 0. The predicted octanol–water partition coefficient (Wildman–Crippen LogP) is 2.12. The second-order valence-electron chi connectivity index (χ2n) is 3.42. The van der Waals surface area contributed by atoms with E-state index in [0.29, 0.717) is 23.6 Å². The van der Waals surface area contributed by atoms with Crippen molar-refractivity contribution < 1.29 is 13.2 Å². The molecule has 1 N–H and O–H groups in total.